The second kappa shape index (κ2) is 8.86. The molecule has 3 N–H and O–H groups in total. The molecule has 9 nitrogen and oxygen atoms in total. The van der Waals surface area contributed by atoms with Gasteiger partial charge in [-0.3, -0.25) is 0 Å². The molecule has 10 heteroatoms. The largest absolute Gasteiger partial charge is 0.491 e. The van der Waals surface area contributed by atoms with E-state index in [0.717, 1.165) is 32.2 Å². The maximum atomic E-state index is 11.8. The van der Waals surface area contributed by atoms with E-state index in [0.29, 0.717) is 18.8 Å². The second-order valence-corrected chi connectivity index (χ2v) is 9.76. The minimum Gasteiger partial charge on any atom is -0.491 e. The highest BCUT2D eigenvalue weighted by Crippen LogP contribution is 2.36. The van der Waals surface area contributed by atoms with Crippen LogP contribution in [-0.2, 0) is 14.6 Å². The Balaban J connectivity index is 1.56. The number of benzene rings is 1. The van der Waals surface area contributed by atoms with Gasteiger partial charge in [-0.2, -0.15) is 0 Å². The van der Waals surface area contributed by atoms with Crippen molar-refractivity contribution in [2.75, 3.05) is 39.1 Å². The molecule has 2 fully saturated rings. The quantitative estimate of drug-likeness (QED) is 0.580. The first-order valence-corrected chi connectivity index (χ1v) is 11.5. The Bertz CT molecular complexity index is 824. The van der Waals surface area contributed by atoms with Crippen LogP contribution in [0.4, 0.5) is 4.79 Å². The lowest BCUT2D eigenvalue weighted by molar-refractivity contribution is -0.0205. The number of hydrogen-bond donors (Lipinski definition) is 3. The molecule has 2 atom stereocenters. The van der Waals surface area contributed by atoms with Crippen LogP contribution in [0.5, 0.6) is 5.75 Å². The van der Waals surface area contributed by atoms with Crippen LogP contribution < -0.4 is 10.1 Å². The Morgan fingerprint density at radius 1 is 1.41 bits per heavy atom. The molecule has 2 heterocycles. The number of aliphatic hydroxyl groups excluding tert-OH is 1. The maximum Gasteiger partial charge on any atom is 0.407 e. The Morgan fingerprint density at radius 2 is 2.14 bits per heavy atom. The predicted octanol–water partition coefficient (Wildman–Crippen LogP) is 0.721. The lowest BCUT2D eigenvalue weighted by atomic mass is 9.88. The van der Waals surface area contributed by atoms with Crippen molar-refractivity contribution in [2.24, 2.45) is 0 Å². The van der Waals surface area contributed by atoms with Gasteiger partial charge < -0.3 is 29.9 Å². The smallest absolute Gasteiger partial charge is 0.407 e. The van der Waals surface area contributed by atoms with Crippen molar-refractivity contribution in [3.8, 4) is 5.75 Å². The van der Waals surface area contributed by atoms with Crippen LogP contribution in [0.2, 0.25) is 0 Å². The highest BCUT2D eigenvalue weighted by molar-refractivity contribution is 7.90. The van der Waals surface area contributed by atoms with Crippen LogP contribution in [0.15, 0.2) is 29.2 Å². The van der Waals surface area contributed by atoms with E-state index in [1.165, 1.54) is 17.0 Å². The first-order chi connectivity index (χ1) is 13.7. The average Bonchev–Trinajstić information content (AvgIpc) is 3.07. The van der Waals surface area contributed by atoms with Gasteiger partial charge in [-0.15, -0.1) is 0 Å². The molecule has 2 aliphatic heterocycles. The molecule has 1 aromatic carbocycles. The number of nitrogens with one attached hydrogen (secondary N) is 1. The zero-order valence-electron chi connectivity index (χ0n) is 16.4. The molecule has 0 bridgehead atoms. The van der Waals surface area contributed by atoms with Crippen LogP contribution in [0.1, 0.15) is 19.3 Å². The highest BCUT2D eigenvalue weighted by Gasteiger charge is 2.44. The van der Waals surface area contributed by atoms with E-state index in [9.17, 15) is 23.4 Å². The van der Waals surface area contributed by atoms with Gasteiger partial charge in [0, 0.05) is 6.26 Å². The zero-order valence-corrected chi connectivity index (χ0v) is 17.2. The molecule has 2 saturated heterocycles. The van der Waals surface area contributed by atoms with E-state index in [2.05, 4.69) is 5.32 Å². The number of aliphatic hydroxyl groups is 1. The number of piperidine rings is 1. The van der Waals surface area contributed by atoms with Crippen molar-refractivity contribution < 1.29 is 32.9 Å². The number of carboxylic acid groups (broad SMARTS) is 1. The summed E-state index contributed by atoms with van der Waals surface area (Å²) in [4.78, 5) is 13.1. The van der Waals surface area contributed by atoms with Crippen molar-refractivity contribution in [3.63, 3.8) is 0 Å². The zero-order chi connectivity index (χ0) is 21.1. The normalized spacial score (nSPS) is 22.3. The summed E-state index contributed by atoms with van der Waals surface area (Å²) in [5, 5.41) is 23.2. The standard InChI is InChI=1S/C19H28N2O7S/c1-29(25,26)17-4-2-3-16(9-17)27-13-15(22)11-21(18(23)24)14-10-19(28-12-14)5-7-20-8-6-19/h2-4,9,14-15,20,22H,5-8,10-13H2,1H3,(H,23,24)/t14-,15-/m1/s1. The summed E-state index contributed by atoms with van der Waals surface area (Å²) in [5.74, 6) is 0.298. The van der Waals surface area contributed by atoms with Crippen LogP contribution >= 0.6 is 0 Å². The van der Waals surface area contributed by atoms with E-state index in [-0.39, 0.29) is 29.7 Å². The van der Waals surface area contributed by atoms with Crippen molar-refractivity contribution >= 4 is 15.9 Å². The highest BCUT2D eigenvalue weighted by atomic mass is 32.2. The van der Waals surface area contributed by atoms with Crippen molar-refractivity contribution in [1.29, 1.82) is 0 Å². The number of amides is 1. The molecule has 0 saturated carbocycles. The number of sulfone groups is 1. The van der Waals surface area contributed by atoms with Crippen molar-refractivity contribution in [1.82, 2.24) is 10.2 Å². The van der Waals surface area contributed by atoms with Gasteiger partial charge in [0.05, 0.1) is 29.7 Å². The van der Waals surface area contributed by atoms with Gasteiger partial charge in [-0.25, -0.2) is 13.2 Å². The number of rotatable bonds is 7. The first kappa shape index (κ1) is 21.8. The fourth-order valence-electron chi connectivity index (χ4n) is 3.90. The number of hydrogen-bond acceptors (Lipinski definition) is 7. The first-order valence-electron chi connectivity index (χ1n) is 9.64. The van der Waals surface area contributed by atoms with Crippen LogP contribution in [-0.4, -0.2) is 86.5 Å². The van der Waals surface area contributed by atoms with Crippen molar-refractivity contribution in [2.45, 2.75) is 41.9 Å². The van der Waals surface area contributed by atoms with E-state index in [1.807, 2.05) is 0 Å². The van der Waals surface area contributed by atoms with Gasteiger partial charge in [0.25, 0.3) is 0 Å². The summed E-state index contributed by atoms with van der Waals surface area (Å²) < 4.78 is 34.7. The van der Waals surface area contributed by atoms with Gasteiger partial charge in [0.2, 0.25) is 0 Å². The fraction of sp³-hybridized carbons (Fsp3) is 0.632. The summed E-state index contributed by atoms with van der Waals surface area (Å²) in [6, 6.07) is 5.66. The Kier molecular flexibility index (Phi) is 6.67. The lowest BCUT2D eigenvalue weighted by Gasteiger charge is -2.34. The van der Waals surface area contributed by atoms with Crippen LogP contribution in [0, 0.1) is 0 Å². The SMILES string of the molecule is CS(=O)(=O)c1cccc(OC[C@H](O)CN(C(=O)O)[C@H]2COC3(CCNCC3)C2)c1. The summed E-state index contributed by atoms with van der Waals surface area (Å²) in [6.45, 7) is 1.75. The van der Waals surface area contributed by atoms with Crippen molar-refractivity contribution in [3.05, 3.63) is 24.3 Å². The molecule has 1 spiro atoms. The fourth-order valence-corrected chi connectivity index (χ4v) is 4.56. The molecule has 0 unspecified atom stereocenters. The molecule has 1 amide bonds. The third kappa shape index (κ3) is 5.59. The molecule has 2 aliphatic rings. The molecular formula is C19H28N2O7S. The Morgan fingerprint density at radius 3 is 2.79 bits per heavy atom. The molecule has 0 radical (unpaired) electrons. The van der Waals surface area contributed by atoms with Crippen LogP contribution in [0.25, 0.3) is 0 Å². The van der Waals surface area contributed by atoms with Gasteiger partial charge in [-0.1, -0.05) is 6.07 Å². The summed E-state index contributed by atoms with van der Waals surface area (Å²) in [5.41, 5.74) is -0.281. The summed E-state index contributed by atoms with van der Waals surface area (Å²) >= 11 is 0. The van der Waals surface area contributed by atoms with E-state index >= 15 is 0 Å². The van der Waals surface area contributed by atoms with Gasteiger partial charge in [0.15, 0.2) is 9.84 Å². The molecule has 162 valence electrons. The predicted molar refractivity (Wildman–Crippen MR) is 105 cm³/mol. The minimum absolute atomic E-state index is 0.108. The number of ether oxygens (including phenoxy) is 2. The second-order valence-electron chi connectivity index (χ2n) is 7.75. The minimum atomic E-state index is -3.37. The lowest BCUT2D eigenvalue weighted by Crippen LogP contribution is -2.47. The third-order valence-electron chi connectivity index (χ3n) is 5.47. The maximum absolute atomic E-state index is 11.8. The summed E-state index contributed by atoms with van der Waals surface area (Å²) in [7, 11) is -3.37. The van der Waals surface area contributed by atoms with Crippen LogP contribution in [0.3, 0.4) is 0 Å². The van der Waals surface area contributed by atoms with E-state index in [1.54, 1.807) is 12.1 Å². The monoisotopic (exact) mass is 428 g/mol. The summed E-state index contributed by atoms with van der Waals surface area (Å²) in [6.07, 6.45) is 1.24. The number of carbonyl (C=O) groups is 1. The molecular weight excluding hydrogens is 400 g/mol. The Labute approximate surface area is 170 Å². The average molecular weight is 429 g/mol. The number of nitrogens with zero attached hydrogens (tertiary/aromatic N) is 1. The van der Waals surface area contributed by atoms with E-state index in [4.69, 9.17) is 9.47 Å². The topological polar surface area (TPSA) is 125 Å². The van der Waals surface area contributed by atoms with E-state index < -0.39 is 22.0 Å². The Hall–Kier alpha value is -1.88. The molecule has 29 heavy (non-hydrogen) atoms. The molecule has 0 aromatic heterocycles. The molecule has 0 aliphatic carbocycles. The molecule has 1 aromatic rings. The van der Waals surface area contributed by atoms with Gasteiger partial charge in [0.1, 0.15) is 18.5 Å². The third-order valence-corrected chi connectivity index (χ3v) is 6.58. The molecule has 3 rings (SSSR count). The van der Waals surface area contributed by atoms with Gasteiger partial charge in [-0.05, 0) is 50.6 Å². The van der Waals surface area contributed by atoms with Gasteiger partial charge >= 0.3 is 6.09 Å².